The molecular weight excluding hydrogens is 196 g/mol. The Labute approximate surface area is 90.9 Å². The molecule has 0 spiro atoms. The maximum atomic E-state index is 11.3. The highest BCUT2D eigenvalue weighted by Gasteiger charge is 2.22. The number of aliphatic hydroxyl groups is 2. The van der Waals surface area contributed by atoms with E-state index in [0.717, 1.165) is 12.8 Å². The van der Waals surface area contributed by atoms with Crippen LogP contribution in [0.4, 0.5) is 0 Å². The Morgan fingerprint density at radius 1 is 1.33 bits per heavy atom. The van der Waals surface area contributed by atoms with E-state index < -0.39 is 5.54 Å². The van der Waals surface area contributed by atoms with Gasteiger partial charge in [0.1, 0.15) is 0 Å². The van der Waals surface area contributed by atoms with Crippen molar-refractivity contribution in [1.82, 2.24) is 10.6 Å². The maximum Gasteiger partial charge on any atom is 0.233 e. The number of unbranched alkanes of at least 4 members (excludes halogenated alkanes) is 1. The molecule has 0 aliphatic heterocycles. The van der Waals surface area contributed by atoms with Crippen LogP contribution >= 0.6 is 0 Å². The number of hydrogen-bond acceptors (Lipinski definition) is 4. The summed E-state index contributed by atoms with van der Waals surface area (Å²) < 4.78 is 0. The van der Waals surface area contributed by atoms with Gasteiger partial charge in [0.2, 0.25) is 5.91 Å². The molecule has 0 saturated carbocycles. The first-order chi connectivity index (χ1) is 7.08. The van der Waals surface area contributed by atoms with Gasteiger partial charge in [-0.15, -0.1) is 0 Å². The molecule has 0 aliphatic carbocycles. The molecule has 0 aromatic heterocycles. The molecule has 0 fully saturated rings. The molecule has 0 atom stereocenters. The van der Waals surface area contributed by atoms with Crippen molar-refractivity contribution in [3.63, 3.8) is 0 Å². The predicted octanol–water partition coefficient (Wildman–Crippen LogP) is -0.764. The van der Waals surface area contributed by atoms with Gasteiger partial charge in [-0.2, -0.15) is 0 Å². The third kappa shape index (κ3) is 6.43. The van der Waals surface area contributed by atoms with Gasteiger partial charge >= 0.3 is 0 Å². The summed E-state index contributed by atoms with van der Waals surface area (Å²) in [6.07, 6.45) is 2.00. The van der Waals surface area contributed by atoms with Crippen LogP contribution in [0.15, 0.2) is 0 Å². The van der Waals surface area contributed by atoms with Crippen molar-refractivity contribution >= 4 is 5.91 Å². The van der Waals surface area contributed by atoms with Crippen molar-refractivity contribution in [1.29, 1.82) is 0 Å². The lowest BCUT2D eigenvalue weighted by atomic mass is 10.1. The summed E-state index contributed by atoms with van der Waals surface area (Å²) >= 11 is 0. The molecule has 5 nitrogen and oxygen atoms in total. The SMILES string of the molecule is CCCCNC(=O)CNC(C)(CO)CO. The Bertz CT molecular complexity index is 182. The molecule has 0 aromatic carbocycles. The van der Waals surface area contributed by atoms with Crippen molar-refractivity contribution in [3.8, 4) is 0 Å². The molecule has 0 unspecified atom stereocenters. The zero-order chi connectivity index (χ0) is 11.7. The Kier molecular flexibility index (Phi) is 7.29. The smallest absolute Gasteiger partial charge is 0.233 e. The van der Waals surface area contributed by atoms with Crippen molar-refractivity contribution in [2.75, 3.05) is 26.3 Å². The zero-order valence-corrected chi connectivity index (χ0v) is 9.55. The number of aliphatic hydroxyl groups excluding tert-OH is 2. The largest absolute Gasteiger partial charge is 0.394 e. The first-order valence-corrected chi connectivity index (χ1v) is 5.31. The van der Waals surface area contributed by atoms with Crippen LogP contribution in [-0.4, -0.2) is 48.0 Å². The Morgan fingerprint density at radius 2 is 1.93 bits per heavy atom. The van der Waals surface area contributed by atoms with Crippen LogP contribution in [0.3, 0.4) is 0 Å². The fourth-order valence-corrected chi connectivity index (χ4v) is 0.923. The average Bonchev–Trinajstić information content (AvgIpc) is 2.26. The number of nitrogens with one attached hydrogen (secondary N) is 2. The lowest BCUT2D eigenvalue weighted by Gasteiger charge is -2.25. The first kappa shape index (κ1) is 14.3. The second-order valence-corrected chi connectivity index (χ2v) is 3.93. The quantitative estimate of drug-likeness (QED) is 0.403. The van der Waals surface area contributed by atoms with E-state index in [2.05, 4.69) is 17.6 Å². The third-order valence-electron chi connectivity index (χ3n) is 2.23. The number of rotatable bonds is 8. The Balaban J connectivity index is 3.69. The van der Waals surface area contributed by atoms with Crippen LogP contribution in [-0.2, 0) is 4.79 Å². The van der Waals surface area contributed by atoms with E-state index in [1.54, 1.807) is 6.92 Å². The van der Waals surface area contributed by atoms with Gasteiger partial charge in [-0.3, -0.25) is 10.1 Å². The second kappa shape index (κ2) is 7.62. The van der Waals surface area contributed by atoms with E-state index in [4.69, 9.17) is 10.2 Å². The van der Waals surface area contributed by atoms with Crippen LogP contribution < -0.4 is 10.6 Å². The summed E-state index contributed by atoms with van der Waals surface area (Å²) in [7, 11) is 0. The van der Waals surface area contributed by atoms with Gasteiger partial charge in [-0.05, 0) is 13.3 Å². The molecule has 0 aliphatic rings. The van der Waals surface area contributed by atoms with E-state index in [9.17, 15) is 4.79 Å². The highest BCUT2D eigenvalue weighted by Crippen LogP contribution is 1.99. The fourth-order valence-electron chi connectivity index (χ4n) is 0.923. The van der Waals surface area contributed by atoms with Crippen LogP contribution in [0.25, 0.3) is 0 Å². The van der Waals surface area contributed by atoms with Gasteiger partial charge in [0.05, 0.1) is 25.3 Å². The first-order valence-electron chi connectivity index (χ1n) is 5.31. The van der Waals surface area contributed by atoms with Crippen molar-refractivity contribution in [2.45, 2.75) is 32.2 Å². The normalized spacial score (nSPS) is 11.5. The minimum absolute atomic E-state index is 0.112. The van der Waals surface area contributed by atoms with Crippen molar-refractivity contribution in [3.05, 3.63) is 0 Å². The van der Waals surface area contributed by atoms with Gasteiger partial charge in [0, 0.05) is 6.54 Å². The monoisotopic (exact) mass is 218 g/mol. The molecule has 0 aromatic rings. The standard InChI is InChI=1S/C10H22N2O3/c1-3-4-5-11-9(15)6-12-10(2,7-13)8-14/h12-14H,3-8H2,1-2H3,(H,11,15). The summed E-state index contributed by atoms with van der Waals surface area (Å²) in [6.45, 7) is 4.09. The van der Waals surface area contributed by atoms with Crippen LogP contribution in [0.5, 0.6) is 0 Å². The Morgan fingerprint density at radius 3 is 2.40 bits per heavy atom. The number of hydrogen-bond donors (Lipinski definition) is 4. The average molecular weight is 218 g/mol. The summed E-state index contributed by atoms with van der Waals surface area (Å²) in [5, 5.41) is 23.5. The van der Waals surface area contributed by atoms with Gasteiger partial charge in [0.15, 0.2) is 0 Å². The summed E-state index contributed by atoms with van der Waals surface area (Å²) in [4.78, 5) is 11.3. The second-order valence-electron chi connectivity index (χ2n) is 3.93. The minimum Gasteiger partial charge on any atom is -0.394 e. The Hall–Kier alpha value is -0.650. The van der Waals surface area contributed by atoms with Crippen LogP contribution in [0.2, 0.25) is 0 Å². The molecule has 1 amide bonds. The van der Waals surface area contributed by atoms with Crippen LogP contribution in [0, 0.1) is 0 Å². The highest BCUT2D eigenvalue weighted by atomic mass is 16.3. The van der Waals surface area contributed by atoms with Crippen molar-refractivity contribution in [2.24, 2.45) is 0 Å². The van der Waals surface area contributed by atoms with E-state index >= 15 is 0 Å². The number of amides is 1. The molecular formula is C10H22N2O3. The lowest BCUT2D eigenvalue weighted by molar-refractivity contribution is -0.120. The summed E-state index contributed by atoms with van der Waals surface area (Å²) in [6, 6.07) is 0. The van der Waals surface area contributed by atoms with Gasteiger partial charge in [-0.1, -0.05) is 13.3 Å². The molecule has 15 heavy (non-hydrogen) atoms. The topological polar surface area (TPSA) is 81.6 Å². The molecule has 5 heteroatoms. The van der Waals surface area contributed by atoms with Gasteiger partial charge < -0.3 is 15.5 Å². The zero-order valence-electron chi connectivity index (χ0n) is 9.55. The number of carbonyl (C=O) groups excluding carboxylic acids is 1. The number of carbonyl (C=O) groups is 1. The summed E-state index contributed by atoms with van der Waals surface area (Å²) in [5.41, 5.74) is -0.790. The molecule has 0 rings (SSSR count). The summed E-state index contributed by atoms with van der Waals surface area (Å²) in [5.74, 6) is -0.114. The molecule has 4 N–H and O–H groups in total. The molecule has 90 valence electrons. The molecule has 0 bridgehead atoms. The fraction of sp³-hybridized carbons (Fsp3) is 0.900. The van der Waals surface area contributed by atoms with Gasteiger partial charge in [-0.25, -0.2) is 0 Å². The van der Waals surface area contributed by atoms with E-state index in [1.165, 1.54) is 0 Å². The van der Waals surface area contributed by atoms with E-state index in [-0.39, 0.29) is 25.7 Å². The van der Waals surface area contributed by atoms with Crippen LogP contribution in [0.1, 0.15) is 26.7 Å². The third-order valence-corrected chi connectivity index (χ3v) is 2.23. The highest BCUT2D eigenvalue weighted by molar-refractivity contribution is 5.78. The van der Waals surface area contributed by atoms with E-state index in [0.29, 0.717) is 6.54 Å². The lowest BCUT2D eigenvalue weighted by Crippen LogP contribution is -2.52. The van der Waals surface area contributed by atoms with Crippen molar-refractivity contribution < 1.29 is 15.0 Å². The minimum atomic E-state index is -0.790. The molecule has 0 radical (unpaired) electrons. The molecule has 0 saturated heterocycles. The molecule has 0 heterocycles. The predicted molar refractivity (Wildman–Crippen MR) is 58.5 cm³/mol. The van der Waals surface area contributed by atoms with E-state index in [1.807, 2.05) is 0 Å². The maximum absolute atomic E-state index is 11.3. The van der Waals surface area contributed by atoms with Gasteiger partial charge in [0.25, 0.3) is 0 Å².